The third-order valence-corrected chi connectivity index (χ3v) is 5.72. The van der Waals surface area contributed by atoms with Crippen LogP contribution in [-0.4, -0.2) is 68.9 Å². The average molecular weight is 385 g/mol. The van der Waals surface area contributed by atoms with Crippen LogP contribution in [-0.2, 0) is 24.3 Å². The van der Waals surface area contributed by atoms with E-state index >= 15 is 0 Å². The van der Waals surface area contributed by atoms with Crippen LogP contribution in [0, 0.1) is 0 Å². The first kappa shape index (κ1) is 18.9. The lowest BCUT2D eigenvalue weighted by Gasteiger charge is -2.29. The minimum absolute atomic E-state index is 0.0894. The molecule has 1 amide bonds. The van der Waals surface area contributed by atoms with Crippen molar-refractivity contribution in [3.8, 4) is 5.75 Å². The van der Waals surface area contributed by atoms with Crippen molar-refractivity contribution in [2.24, 2.45) is 0 Å². The molecular weight excluding hydrogens is 358 g/mol. The number of aliphatic hydroxyl groups is 1. The first-order chi connectivity index (χ1) is 13.5. The molecule has 3 heterocycles. The molecular formula is C20H27N5O3. The van der Waals surface area contributed by atoms with Crippen molar-refractivity contribution in [2.45, 2.75) is 44.5 Å². The van der Waals surface area contributed by atoms with Crippen LogP contribution in [0.4, 0.5) is 0 Å². The summed E-state index contributed by atoms with van der Waals surface area (Å²) in [7, 11) is 3.65. The molecule has 1 aromatic carbocycles. The highest BCUT2D eigenvalue weighted by molar-refractivity contribution is 5.76. The van der Waals surface area contributed by atoms with E-state index in [-0.39, 0.29) is 18.1 Å². The van der Waals surface area contributed by atoms with E-state index in [1.54, 1.807) is 7.11 Å². The Morgan fingerprint density at radius 3 is 2.93 bits per heavy atom. The number of fused-ring (bicyclic) bond motifs is 1. The number of amides is 1. The molecule has 0 aliphatic carbocycles. The first-order valence-corrected chi connectivity index (χ1v) is 9.76. The molecule has 2 aliphatic rings. The van der Waals surface area contributed by atoms with E-state index < -0.39 is 0 Å². The summed E-state index contributed by atoms with van der Waals surface area (Å²) in [6.07, 6.45) is 1.51. The van der Waals surface area contributed by atoms with Crippen LogP contribution in [0.1, 0.15) is 36.1 Å². The van der Waals surface area contributed by atoms with Gasteiger partial charge in [0.2, 0.25) is 5.91 Å². The second-order valence-corrected chi connectivity index (χ2v) is 7.64. The van der Waals surface area contributed by atoms with Crippen LogP contribution in [0.25, 0.3) is 0 Å². The highest BCUT2D eigenvalue weighted by Crippen LogP contribution is 2.30. The van der Waals surface area contributed by atoms with E-state index in [0.29, 0.717) is 45.4 Å². The number of nitrogens with zero attached hydrogens (tertiary/aromatic N) is 5. The van der Waals surface area contributed by atoms with E-state index in [9.17, 15) is 9.90 Å². The molecule has 8 nitrogen and oxygen atoms in total. The zero-order chi connectivity index (χ0) is 19.7. The van der Waals surface area contributed by atoms with Crippen LogP contribution >= 0.6 is 0 Å². The molecule has 0 radical (unpaired) electrons. The Kier molecular flexibility index (Phi) is 5.32. The Balaban J connectivity index is 1.38. The van der Waals surface area contributed by atoms with E-state index in [0.717, 1.165) is 23.0 Å². The van der Waals surface area contributed by atoms with Crippen LogP contribution < -0.4 is 4.74 Å². The summed E-state index contributed by atoms with van der Waals surface area (Å²) in [5, 5.41) is 18.6. The van der Waals surface area contributed by atoms with Gasteiger partial charge >= 0.3 is 0 Å². The van der Waals surface area contributed by atoms with Crippen molar-refractivity contribution in [3.63, 3.8) is 0 Å². The number of aromatic nitrogens is 3. The monoisotopic (exact) mass is 385 g/mol. The summed E-state index contributed by atoms with van der Waals surface area (Å²) in [6.45, 7) is 2.50. The van der Waals surface area contributed by atoms with Gasteiger partial charge in [0, 0.05) is 26.1 Å². The number of methoxy groups -OCH3 is 1. The van der Waals surface area contributed by atoms with E-state index in [2.05, 4.69) is 19.7 Å². The number of hydrogen-bond acceptors (Lipinski definition) is 6. The van der Waals surface area contributed by atoms with Gasteiger partial charge in [-0.1, -0.05) is 12.1 Å². The summed E-state index contributed by atoms with van der Waals surface area (Å²) in [5.74, 6) is 2.67. The Hall–Kier alpha value is -2.45. The summed E-state index contributed by atoms with van der Waals surface area (Å²) in [6, 6.07) is 7.92. The molecule has 28 heavy (non-hydrogen) atoms. The topological polar surface area (TPSA) is 83.7 Å². The van der Waals surface area contributed by atoms with Crippen molar-refractivity contribution in [1.29, 1.82) is 0 Å². The summed E-state index contributed by atoms with van der Waals surface area (Å²) in [5.41, 5.74) is 1.10. The van der Waals surface area contributed by atoms with Crippen LogP contribution in [0.5, 0.6) is 5.75 Å². The number of hydrogen-bond donors (Lipinski definition) is 1. The number of carbonyl (C=O) groups excluding carboxylic acids is 1. The Bertz CT molecular complexity index is 852. The highest BCUT2D eigenvalue weighted by Gasteiger charge is 2.35. The molecule has 150 valence electrons. The number of carbonyl (C=O) groups is 1. The van der Waals surface area contributed by atoms with Crippen LogP contribution in [0.2, 0.25) is 0 Å². The minimum atomic E-state index is -0.318. The van der Waals surface area contributed by atoms with Gasteiger partial charge in [-0.15, -0.1) is 10.2 Å². The fourth-order valence-electron chi connectivity index (χ4n) is 4.15. The van der Waals surface area contributed by atoms with E-state index in [4.69, 9.17) is 4.74 Å². The van der Waals surface area contributed by atoms with Gasteiger partial charge in [-0.3, -0.25) is 9.69 Å². The van der Waals surface area contributed by atoms with Gasteiger partial charge in [0.25, 0.3) is 0 Å². The zero-order valence-corrected chi connectivity index (χ0v) is 16.4. The fourth-order valence-corrected chi connectivity index (χ4v) is 4.15. The first-order valence-electron chi connectivity index (χ1n) is 9.76. The summed E-state index contributed by atoms with van der Waals surface area (Å²) < 4.78 is 7.36. The smallest absolute Gasteiger partial charge is 0.223 e. The van der Waals surface area contributed by atoms with Gasteiger partial charge in [0.15, 0.2) is 11.6 Å². The van der Waals surface area contributed by atoms with E-state index in [1.807, 2.05) is 36.2 Å². The lowest BCUT2D eigenvalue weighted by Crippen LogP contribution is -2.39. The number of β-amino-alcohol motifs (C(OH)–C–C–N with tert-alkyl or cyclic N) is 1. The maximum atomic E-state index is 12.7. The number of rotatable bonds is 5. The standard InChI is InChI=1S/C20H27N5O3/c1-23-12-15(26)11-17(23)20-22-21-18-13-24(8-9-25(18)20)19(27)7-6-14-4-3-5-16(10-14)28-2/h3-5,10,15,17,26H,6-9,11-13H2,1-2H3/t15-,17+/m1/s1. The van der Waals surface area contributed by atoms with Gasteiger partial charge in [-0.05, 0) is 37.6 Å². The van der Waals surface area contributed by atoms with Crippen molar-refractivity contribution >= 4 is 5.91 Å². The Morgan fingerprint density at radius 1 is 1.32 bits per heavy atom. The van der Waals surface area contributed by atoms with E-state index in [1.165, 1.54) is 0 Å². The SMILES string of the molecule is COc1cccc(CCC(=O)N2CCn3c(nnc3[C@@H]3C[C@@H](O)CN3C)C2)c1. The van der Waals surface area contributed by atoms with Crippen LogP contribution in [0.15, 0.2) is 24.3 Å². The molecule has 0 saturated carbocycles. The predicted molar refractivity (Wildman–Crippen MR) is 103 cm³/mol. The van der Waals surface area contributed by atoms with Crippen molar-refractivity contribution in [2.75, 3.05) is 27.2 Å². The van der Waals surface area contributed by atoms with Crippen molar-refractivity contribution < 1.29 is 14.6 Å². The Morgan fingerprint density at radius 2 is 2.18 bits per heavy atom. The van der Waals surface area contributed by atoms with Gasteiger partial charge in [-0.25, -0.2) is 0 Å². The molecule has 0 spiro atoms. The van der Waals surface area contributed by atoms with Crippen molar-refractivity contribution in [1.82, 2.24) is 24.6 Å². The number of benzene rings is 1. The number of ether oxygens (including phenoxy) is 1. The molecule has 2 aromatic rings. The zero-order valence-electron chi connectivity index (χ0n) is 16.4. The minimum Gasteiger partial charge on any atom is -0.497 e. The third kappa shape index (κ3) is 3.74. The lowest BCUT2D eigenvalue weighted by molar-refractivity contribution is -0.132. The lowest BCUT2D eigenvalue weighted by atomic mass is 10.1. The molecule has 1 fully saturated rings. The second kappa shape index (κ2) is 7.89. The fraction of sp³-hybridized carbons (Fsp3) is 0.550. The largest absolute Gasteiger partial charge is 0.497 e. The number of likely N-dealkylation sites (tertiary alicyclic amines) is 1. The molecule has 1 N–H and O–H groups in total. The molecule has 1 saturated heterocycles. The maximum absolute atomic E-state index is 12.7. The van der Waals surface area contributed by atoms with Gasteiger partial charge in [0.1, 0.15) is 5.75 Å². The van der Waals surface area contributed by atoms with Crippen molar-refractivity contribution in [3.05, 3.63) is 41.5 Å². The predicted octanol–water partition coefficient (Wildman–Crippen LogP) is 0.999. The number of aryl methyl sites for hydroxylation is 1. The summed E-state index contributed by atoms with van der Waals surface area (Å²) in [4.78, 5) is 16.7. The normalized spacial score (nSPS) is 22.3. The number of aliphatic hydroxyl groups excluding tert-OH is 1. The second-order valence-electron chi connectivity index (χ2n) is 7.64. The number of likely N-dealkylation sites (N-methyl/N-ethyl adjacent to an activating group) is 1. The highest BCUT2D eigenvalue weighted by atomic mass is 16.5. The molecule has 1 aromatic heterocycles. The molecule has 2 aliphatic heterocycles. The molecule has 0 bridgehead atoms. The van der Waals surface area contributed by atoms with Crippen LogP contribution in [0.3, 0.4) is 0 Å². The van der Waals surface area contributed by atoms with Gasteiger partial charge < -0.3 is 19.3 Å². The van der Waals surface area contributed by atoms with Gasteiger partial charge in [0.05, 0.1) is 25.8 Å². The quantitative estimate of drug-likeness (QED) is 0.827. The third-order valence-electron chi connectivity index (χ3n) is 5.72. The Labute approximate surface area is 164 Å². The average Bonchev–Trinajstić information content (AvgIpc) is 3.27. The van der Waals surface area contributed by atoms with Gasteiger partial charge in [-0.2, -0.15) is 0 Å². The molecule has 2 atom stereocenters. The summed E-state index contributed by atoms with van der Waals surface area (Å²) >= 11 is 0. The molecule has 8 heteroatoms. The molecule has 0 unspecified atom stereocenters. The molecule has 4 rings (SSSR count). The maximum Gasteiger partial charge on any atom is 0.223 e.